The predicted octanol–water partition coefficient (Wildman–Crippen LogP) is 1.31. The third-order valence-electron chi connectivity index (χ3n) is 2.41. The van der Waals surface area contributed by atoms with E-state index in [9.17, 15) is 24.9 Å². The maximum atomic E-state index is 11.7. The summed E-state index contributed by atoms with van der Waals surface area (Å²) in [6.07, 6.45) is 1.02. The maximum Gasteiger partial charge on any atom is 0.345 e. The van der Waals surface area contributed by atoms with Gasteiger partial charge in [-0.1, -0.05) is 0 Å². The number of phenolic OH excluding ortho intramolecular Hbond substituents is 3. The van der Waals surface area contributed by atoms with E-state index in [0.29, 0.717) is 0 Å². The number of aromatic hydroxyl groups is 3. The quantitative estimate of drug-likeness (QED) is 0.187. The number of rotatable bonds is 5. The zero-order valence-corrected chi connectivity index (χ0v) is 11.6. The summed E-state index contributed by atoms with van der Waals surface area (Å²) >= 11 is 0. The number of hydrogen-bond acceptors (Lipinski definition) is 7. The van der Waals surface area contributed by atoms with Gasteiger partial charge in [-0.05, 0) is 26.0 Å². The van der Waals surface area contributed by atoms with Gasteiger partial charge in [0.1, 0.15) is 11.3 Å². The molecule has 7 heteroatoms. The molecule has 0 atom stereocenters. The van der Waals surface area contributed by atoms with Crippen molar-refractivity contribution in [2.75, 3.05) is 13.2 Å². The molecule has 3 N–H and O–H groups in total. The van der Waals surface area contributed by atoms with Crippen LogP contribution in [0.3, 0.4) is 0 Å². The first-order valence-electron chi connectivity index (χ1n) is 6.21. The van der Waals surface area contributed by atoms with Gasteiger partial charge in [-0.15, -0.1) is 0 Å². The molecule has 1 aromatic rings. The molecule has 0 aliphatic rings. The Morgan fingerprint density at radius 3 is 1.90 bits per heavy atom. The van der Waals surface area contributed by atoms with Gasteiger partial charge < -0.3 is 24.8 Å². The second-order valence-electron chi connectivity index (χ2n) is 3.90. The molecule has 0 amide bonds. The summed E-state index contributed by atoms with van der Waals surface area (Å²) < 4.78 is 9.47. The Labute approximate surface area is 121 Å². The monoisotopic (exact) mass is 296 g/mol. The van der Waals surface area contributed by atoms with E-state index in [2.05, 4.69) is 0 Å². The molecule has 1 rings (SSSR count). The zero-order chi connectivity index (χ0) is 16.0. The molecule has 21 heavy (non-hydrogen) atoms. The molecule has 0 aromatic heterocycles. The molecule has 0 fully saturated rings. The summed E-state index contributed by atoms with van der Waals surface area (Å²) in [5.41, 5.74) is -0.472. The Morgan fingerprint density at radius 2 is 1.43 bits per heavy atom. The maximum absolute atomic E-state index is 11.7. The van der Waals surface area contributed by atoms with Gasteiger partial charge in [-0.25, -0.2) is 9.59 Å². The summed E-state index contributed by atoms with van der Waals surface area (Å²) in [6, 6.07) is 1.89. The molecule has 0 aliphatic carbocycles. The van der Waals surface area contributed by atoms with E-state index in [4.69, 9.17) is 9.47 Å². The van der Waals surface area contributed by atoms with Gasteiger partial charge in [-0.2, -0.15) is 0 Å². The second kappa shape index (κ2) is 7.18. The summed E-state index contributed by atoms with van der Waals surface area (Å²) in [6.45, 7) is 3.26. The molecule has 0 spiro atoms. The largest absolute Gasteiger partial charge is 0.507 e. The zero-order valence-electron chi connectivity index (χ0n) is 11.6. The molecule has 7 nitrogen and oxygen atoms in total. The van der Waals surface area contributed by atoms with Crippen molar-refractivity contribution in [2.24, 2.45) is 0 Å². The third-order valence-corrected chi connectivity index (χ3v) is 2.41. The SMILES string of the molecule is CCOC(=O)C(=Cc1cc(O)c(O)cc1O)C(=O)OCC. The number of benzene rings is 1. The van der Waals surface area contributed by atoms with Crippen molar-refractivity contribution in [2.45, 2.75) is 13.8 Å². The first-order chi connectivity index (χ1) is 9.90. The Kier molecular flexibility index (Phi) is 5.59. The van der Waals surface area contributed by atoms with E-state index < -0.39 is 34.8 Å². The standard InChI is InChI=1S/C14H16O7/c1-3-20-13(18)9(14(19)21-4-2)5-8-6-11(16)12(17)7-10(8)15/h5-7,15-17H,3-4H2,1-2H3. The molecule has 0 saturated heterocycles. The van der Waals surface area contributed by atoms with Gasteiger partial charge in [-0.3, -0.25) is 0 Å². The van der Waals surface area contributed by atoms with Gasteiger partial charge in [0, 0.05) is 11.6 Å². The topological polar surface area (TPSA) is 113 Å². The fraction of sp³-hybridized carbons (Fsp3) is 0.286. The highest BCUT2D eigenvalue weighted by molar-refractivity contribution is 6.17. The molecular weight excluding hydrogens is 280 g/mol. The summed E-state index contributed by atoms with van der Waals surface area (Å²) in [4.78, 5) is 23.5. The lowest BCUT2D eigenvalue weighted by Crippen LogP contribution is -2.18. The van der Waals surface area contributed by atoms with Crippen LogP contribution in [0.2, 0.25) is 0 Å². The van der Waals surface area contributed by atoms with Gasteiger partial charge in [0.05, 0.1) is 13.2 Å². The fourth-order valence-electron chi connectivity index (χ4n) is 1.47. The normalized spacial score (nSPS) is 9.81. The van der Waals surface area contributed by atoms with E-state index in [1.54, 1.807) is 13.8 Å². The van der Waals surface area contributed by atoms with E-state index >= 15 is 0 Å². The van der Waals surface area contributed by atoms with Crippen molar-refractivity contribution in [3.8, 4) is 17.2 Å². The van der Waals surface area contributed by atoms with Crippen LogP contribution in [0.4, 0.5) is 0 Å². The number of esters is 2. The fourth-order valence-corrected chi connectivity index (χ4v) is 1.47. The van der Waals surface area contributed by atoms with Crippen LogP contribution in [0.25, 0.3) is 6.08 Å². The Bertz CT molecular complexity index is 555. The molecule has 1 aromatic carbocycles. The number of phenols is 3. The molecule has 0 saturated carbocycles. The van der Waals surface area contributed by atoms with Gasteiger partial charge in [0.2, 0.25) is 0 Å². The summed E-state index contributed by atoms with van der Waals surface area (Å²) in [5, 5.41) is 28.3. The number of carbonyl (C=O) groups excluding carboxylic acids is 2. The third kappa shape index (κ3) is 4.13. The van der Waals surface area contributed by atoms with Crippen molar-refractivity contribution in [1.29, 1.82) is 0 Å². The minimum atomic E-state index is -0.914. The van der Waals surface area contributed by atoms with Gasteiger partial charge in [0.15, 0.2) is 11.5 Å². The molecule has 0 radical (unpaired) electrons. The van der Waals surface area contributed by atoms with Crippen molar-refractivity contribution in [1.82, 2.24) is 0 Å². The Morgan fingerprint density at radius 1 is 0.952 bits per heavy atom. The second-order valence-corrected chi connectivity index (χ2v) is 3.90. The average molecular weight is 296 g/mol. The number of ether oxygens (including phenoxy) is 2. The van der Waals surface area contributed by atoms with E-state index in [-0.39, 0.29) is 18.8 Å². The Balaban J connectivity index is 3.27. The van der Waals surface area contributed by atoms with Crippen LogP contribution in [-0.2, 0) is 19.1 Å². The lowest BCUT2D eigenvalue weighted by molar-refractivity contribution is -0.146. The summed E-state index contributed by atoms with van der Waals surface area (Å²) in [7, 11) is 0. The van der Waals surface area contributed by atoms with Crippen molar-refractivity contribution in [3.05, 3.63) is 23.3 Å². The van der Waals surface area contributed by atoms with Crippen LogP contribution in [0.1, 0.15) is 19.4 Å². The first kappa shape index (κ1) is 16.4. The first-order valence-corrected chi connectivity index (χ1v) is 6.21. The molecule has 0 unspecified atom stereocenters. The average Bonchev–Trinajstić information content (AvgIpc) is 2.41. The lowest BCUT2D eigenvalue weighted by Gasteiger charge is -2.08. The molecular formula is C14H16O7. The minimum absolute atomic E-state index is 0.0404. The molecule has 0 heterocycles. The highest BCUT2D eigenvalue weighted by atomic mass is 16.6. The van der Waals surface area contributed by atoms with Crippen LogP contribution >= 0.6 is 0 Å². The van der Waals surface area contributed by atoms with E-state index in [1.165, 1.54) is 0 Å². The van der Waals surface area contributed by atoms with Gasteiger partial charge in [0.25, 0.3) is 0 Å². The molecule has 0 aliphatic heterocycles. The molecule has 0 bridgehead atoms. The van der Waals surface area contributed by atoms with Crippen LogP contribution in [-0.4, -0.2) is 40.5 Å². The van der Waals surface area contributed by atoms with Gasteiger partial charge >= 0.3 is 11.9 Å². The van der Waals surface area contributed by atoms with Crippen LogP contribution in [0.15, 0.2) is 17.7 Å². The smallest absolute Gasteiger partial charge is 0.345 e. The van der Waals surface area contributed by atoms with Crippen molar-refractivity contribution in [3.63, 3.8) is 0 Å². The van der Waals surface area contributed by atoms with Crippen molar-refractivity contribution >= 4 is 18.0 Å². The predicted molar refractivity (Wildman–Crippen MR) is 72.7 cm³/mol. The van der Waals surface area contributed by atoms with E-state index in [0.717, 1.165) is 18.2 Å². The number of hydrogen-bond donors (Lipinski definition) is 3. The lowest BCUT2D eigenvalue weighted by atomic mass is 10.1. The summed E-state index contributed by atoms with van der Waals surface area (Å²) in [5.74, 6) is -3.29. The van der Waals surface area contributed by atoms with E-state index in [1.807, 2.05) is 0 Å². The molecule has 114 valence electrons. The highest BCUT2D eigenvalue weighted by Crippen LogP contribution is 2.33. The van der Waals surface area contributed by atoms with Crippen LogP contribution < -0.4 is 0 Å². The van der Waals surface area contributed by atoms with Crippen molar-refractivity contribution < 1.29 is 34.4 Å². The minimum Gasteiger partial charge on any atom is -0.507 e. The number of carbonyl (C=O) groups is 2. The van der Waals surface area contributed by atoms with Crippen LogP contribution in [0.5, 0.6) is 17.2 Å². The van der Waals surface area contributed by atoms with Crippen LogP contribution in [0, 0.1) is 0 Å². The highest BCUT2D eigenvalue weighted by Gasteiger charge is 2.22. The Hall–Kier alpha value is -2.70.